The van der Waals surface area contributed by atoms with E-state index in [1.165, 1.54) is 0 Å². The molecule has 0 spiro atoms. The molecule has 0 aliphatic heterocycles. The monoisotopic (exact) mass is 379 g/mol. The number of benzene rings is 1. The minimum absolute atomic E-state index is 0.0639. The van der Waals surface area contributed by atoms with E-state index in [0.29, 0.717) is 15.5 Å². The van der Waals surface area contributed by atoms with Crippen molar-refractivity contribution >= 4 is 31.9 Å². The average molecular weight is 381 g/mol. The van der Waals surface area contributed by atoms with Crippen molar-refractivity contribution in [3.8, 4) is 5.75 Å². The molecule has 0 aliphatic carbocycles. The topological polar surface area (TPSA) is 52.5 Å². The number of nitrogens with one attached hydrogen (secondary N) is 1. The van der Waals surface area contributed by atoms with E-state index in [2.05, 4.69) is 51.0 Å². The van der Waals surface area contributed by atoms with Crippen LogP contribution in [0.25, 0.3) is 0 Å². The highest BCUT2D eigenvalue weighted by atomic mass is 79.9. The van der Waals surface area contributed by atoms with Gasteiger partial charge in [0, 0.05) is 18.7 Å². The van der Waals surface area contributed by atoms with Gasteiger partial charge in [-0.25, -0.2) is 0 Å². The first-order chi connectivity index (χ1) is 8.41. The van der Waals surface area contributed by atoms with Crippen LogP contribution in [0.2, 0.25) is 0 Å². The first kappa shape index (κ1) is 16.0. The number of phenols is 1. The summed E-state index contributed by atoms with van der Waals surface area (Å²) in [6, 6.07) is 3.78. The molecule has 0 fully saturated rings. The predicted octanol–water partition coefficient (Wildman–Crippen LogP) is 3.56. The van der Waals surface area contributed by atoms with Crippen LogP contribution in [-0.4, -0.2) is 22.4 Å². The molecule has 3 N–H and O–H groups in total. The molecule has 0 heterocycles. The number of aromatic hydroxyl groups is 1. The van der Waals surface area contributed by atoms with E-state index >= 15 is 0 Å². The van der Waals surface area contributed by atoms with E-state index in [4.69, 9.17) is 5.11 Å². The van der Waals surface area contributed by atoms with E-state index in [0.717, 1.165) is 18.4 Å². The van der Waals surface area contributed by atoms with Crippen LogP contribution >= 0.6 is 31.9 Å². The third kappa shape index (κ3) is 4.23. The molecule has 0 bridgehead atoms. The van der Waals surface area contributed by atoms with Crippen LogP contribution in [0.15, 0.2) is 21.1 Å². The van der Waals surface area contributed by atoms with Crippen LogP contribution in [0.4, 0.5) is 0 Å². The largest absolute Gasteiger partial charge is 0.506 e. The molecule has 0 amide bonds. The normalized spacial score (nSPS) is 14.5. The zero-order chi connectivity index (χ0) is 13.8. The molecule has 0 saturated carbocycles. The second kappa shape index (κ2) is 6.89. The fourth-order valence-electron chi connectivity index (χ4n) is 1.67. The Kier molecular flexibility index (Phi) is 6.11. The summed E-state index contributed by atoms with van der Waals surface area (Å²) in [6.07, 6.45) is 1.68. The number of rotatable bonds is 6. The van der Waals surface area contributed by atoms with E-state index in [1.54, 1.807) is 0 Å². The standard InChI is InChI=1S/C13H19Br2NO2/c1-3-13(2,4-5-17)16-8-9-6-10(14)12(18)11(15)7-9/h6-7,16-18H,3-5,8H2,1-2H3. The number of halogens is 2. The second-order valence-corrected chi connectivity index (χ2v) is 6.36. The Hall–Kier alpha value is -0.100. The maximum atomic E-state index is 9.64. The summed E-state index contributed by atoms with van der Waals surface area (Å²) in [5, 5.41) is 22.2. The molecule has 1 aromatic carbocycles. The van der Waals surface area contributed by atoms with Gasteiger partial charge in [0.15, 0.2) is 0 Å². The van der Waals surface area contributed by atoms with Crippen LogP contribution in [0.3, 0.4) is 0 Å². The van der Waals surface area contributed by atoms with Crippen molar-refractivity contribution in [3.63, 3.8) is 0 Å². The zero-order valence-electron chi connectivity index (χ0n) is 10.6. The van der Waals surface area contributed by atoms with E-state index in [1.807, 2.05) is 12.1 Å². The van der Waals surface area contributed by atoms with Crippen molar-refractivity contribution in [2.45, 2.75) is 38.8 Å². The van der Waals surface area contributed by atoms with Gasteiger partial charge in [-0.15, -0.1) is 0 Å². The molecule has 0 aliphatic rings. The van der Waals surface area contributed by atoms with Crippen molar-refractivity contribution in [1.82, 2.24) is 5.32 Å². The molecule has 18 heavy (non-hydrogen) atoms. The highest BCUT2D eigenvalue weighted by molar-refractivity contribution is 9.11. The van der Waals surface area contributed by atoms with Gasteiger partial charge < -0.3 is 15.5 Å². The average Bonchev–Trinajstić information content (AvgIpc) is 2.33. The van der Waals surface area contributed by atoms with Gasteiger partial charge in [0.2, 0.25) is 0 Å². The van der Waals surface area contributed by atoms with Crippen molar-refractivity contribution in [2.75, 3.05) is 6.61 Å². The molecule has 5 heteroatoms. The molecule has 1 unspecified atom stereocenters. The van der Waals surface area contributed by atoms with Gasteiger partial charge in [-0.2, -0.15) is 0 Å². The van der Waals surface area contributed by atoms with Gasteiger partial charge in [-0.1, -0.05) is 6.92 Å². The lowest BCUT2D eigenvalue weighted by molar-refractivity contribution is 0.214. The molecule has 102 valence electrons. The minimum atomic E-state index is -0.0639. The van der Waals surface area contributed by atoms with Gasteiger partial charge >= 0.3 is 0 Å². The second-order valence-electron chi connectivity index (χ2n) is 4.65. The molecule has 0 aromatic heterocycles. The summed E-state index contributed by atoms with van der Waals surface area (Å²) in [5.41, 5.74) is 1.01. The lowest BCUT2D eigenvalue weighted by Crippen LogP contribution is -2.42. The smallest absolute Gasteiger partial charge is 0.143 e. The quantitative estimate of drug-likeness (QED) is 0.707. The summed E-state index contributed by atoms with van der Waals surface area (Å²) in [7, 11) is 0. The number of hydrogen-bond donors (Lipinski definition) is 3. The Morgan fingerprint density at radius 2 is 1.83 bits per heavy atom. The Bertz CT molecular complexity index is 389. The molecule has 1 aromatic rings. The number of aliphatic hydroxyl groups excluding tert-OH is 1. The van der Waals surface area contributed by atoms with Crippen LogP contribution < -0.4 is 5.32 Å². The molecule has 3 nitrogen and oxygen atoms in total. The summed E-state index contributed by atoms with van der Waals surface area (Å²) >= 11 is 6.63. The molecule has 1 atom stereocenters. The maximum Gasteiger partial charge on any atom is 0.143 e. The van der Waals surface area contributed by atoms with E-state index < -0.39 is 0 Å². The SMILES string of the molecule is CCC(C)(CCO)NCc1cc(Br)c(O)c(Br)c1. The number of aliphatic hydroxyl groups is 1. The highest BCUT2D eigenvalue weighted by Crippen LogP contribution is 2.33. The molecule has 1 rings (SSSR count). The lowest BCUT2D eigenvalue weighted by Gasteiger charge is -2.29. The summed E-state index contributed by atoms with van der Waals surface area (Å²) < 4.78 is 1.35. The molecular weight excluding hydrogens is 362 g/mol. The summed E-state index contributed by atoms with van der Waals surface area (Å²) in [5.74, 6) is 0.215. The maximum absolute atomic E-state index is 9.64. The first-order valence-electron chi connectivity index (χ1n) is 5.94. The number of hydrogen-bond acceptors (Lipinski definition) is 3. The van der Waals surface area contributed by atoms with Gasteiger partial charge in [0.1, 0.15) is 5.75 Å². The fraction of sp³-hybridized carbons (Fsp3) is 0.538. The van der Waals surface area contributed by atoms with E-state index in [9.17, 15) is 5.11 Å². The van der Waals surface area contributed by atoms with Crippen molar-refractivity contribution in [1.29, 1.82) is 0 Å². The Labute approximate surface area is 125 Å². The lowest BCUT2D eigenvalue weighted by atomic mass is 9.94. The Morgan fingerprint density at radius 3 is 2.28 bits per heavy atom. The van der Waals surface area contributed by atoms with Gasteiger partial charge in [-0.05, 0) is 69.3 Å². The predicted molar refractivity (Wildman–Crippen MR) is 80.7 cm³/mol. The van der Waals surface area contributed by atoms with Gasteiger partial charge in [0.25, 0.3) is 0 Å². The molecular formula is C13H19Br2NO2. The van der Waals surface area contributed by atoms with Crippen molar-refractivity contribution in [2.24, 2.45) is 0 Å². The fourth-order valence-corrected chi connectivity index (χ4v) is 2.95. The highest BCUT2D eigenvalue weighted by Gasteiger charge is 2.20. The minimum Gasteiger partial charge on any atom is -0.506 e. The van der Waals surface area contributed by atoms with Crippen LogP contribution in [0.5, 0.6) is 5.75 Å². The molecule has 0 radical (unpaired) electrons. The first-order valence-corrected chi connectivity index (χ1v) is 7.53. The van der Waals surface area contributed by atoms with Crippen LogP contribution in [0, 0.1) is 0 Å². The summed E-state index contributed by atoms with van der Waals surface area (Å²) in [4.78, 5) is 0. The number of phenolic OH excluding ortho intramolecular Hbond substituents is 1. The van der Waals surface area contributed by atoms with Crippen LogP contribution in [0.1, 0.15) is 32.3 Å². The third-order valence-electron chi connectivity index (χ3n) is 3.24. The van der Waals surface area contributed by atoms with Crippen molar-refractivity contribution < 1.29 is 10.2 Å². The Balaban J connectivity index is 2.74. The van der Waals surface area contributed by atoms with Gasteiger partial charge in [-0.3, -0.25) is 0 Å². The van der Waals surface area contributed by atoms with Crippen molar-refractivity contribution in [3.05, 3.63) is 26.6 Å². The summed E-state index contributed by atoms with van der Waals surface area (Å²) in [6.45, 7) is 5.08. The molecule has 0 saturated heterocycles. The van der Waals surface area contributed by atoms with Crippen LogP contribution in [-0.2, 0) is 6.54 Å². The third-order valence-corrected chi connectivity index (χ3v) is 4.45. The Morgan fingerprint density at radius 1 is 1.28 bits per heavy atom. The zero-order valence-corrected chi connectivity index (χ0v) is 13.8. The van der Waals surface area contributed by atoms with E-state index in [-0.39, 0.29) is 17.9 Å². The van der Waals surface area contributed by atoms with Gasteiger partial charge in [0.05, 0.1) is 8.95 Å².